The third kappa shape index (κ3) is 4.78. The second-order valence-corrected chi connectivity index (χ2v) is 7.60. The van der Waals surface area contributed by atoms with Gasteiger partial charge in [0.05, 0.1) is 11.9 Å². The van der Waals surface area contributed by atoms with E-state index >= 15 is 0 Å². The van der Waals surface area contributed by atoms with Gasteiger partial charge in [0, 0.05) is 48.8 Å². The molecule has 1 aliphatic heterocycles. The standard InChI is InChI=1S/C22H25ClN4/c23-19-9-7-18(8-10-19)16-26-12-2-4-20(17-26)25-15-22-6-3-13-27(22)21-5-1-11-24-14-21/h1,3,5-11,13-14,20,25H,2,4,12,15-17H2/t20-/m1/s1. The Kier molecular flexibility index (Phi) is 5.87. The molecule has 4 rings (SSSR count). The SMILES string of the molecule is Clc1ccc(CN2CCC[C@@H](NCc3cccn3-c3cccnc3)C2)cc1. The van der Waals surface area contributed by atoms with Crippen molar-refractivity contribution < 1.29 is 0 Å². The fraction of sp³-hybridized carbons (Fsp3) is 0.318. The molecule has 140 valence electrons. The molecule has 1 aromatic carbocycles. The summed E-state index contributed by atoms with van der Waals surface area (Å²) >= 11 is 6.00. The number of nitrogens with zero attached hydrogens (tertiary/aromatic N) is 3. The zero-order valence-electron chi connectivity index (χ0n) is 15.4. The summed E-state index contributed by atoms with van der Waals surface area (Å²) in [6, 6.07) is 17.1. The molecule has 0 amide bonds. The highest BCUT2D eigenvalue weighted by atomic mass is 35.5. The molecule has 1 N–H and O–H groups in total. The minimum Gasteiger partial charge on any atom is -0.318 e. The number of rotatable bonds is 6. The van der Waals surface area contributed by atoms with E-state index in [2.05, 4.69) is 56.3 Å². The third-order valence-corrected chi connectivity index (χ3v) is 5.41. The van der Waals surface area contributed by atoms with Crippen molar-refractivity contribution in [2.24, 2.45) is 0 Å². The van der Waals surface area contributed by atoms with E-state index in [4.69, 9.17) is 11.6 Å². The summed E-state index contributed by atoms with van der Waals surface area (Å²) in [7, 11) is 0. The Hall–Kier alpha value is -2.14. The highest BCUT2D eigenvalue weighted by Crippen LogP contribution is 2.17. The first-order valence-electron chi connectivity index (χ1n) is 9.55. The predicted molar refractivity (Wildman–Crippen MR) is 110 cm³/mol. The van der Waals surface area contributed by atoms with Crippen molar-refractivity contribution in [3.8, 4) is 5.69 Å². The van der Waals surface area contributed by atoms with Crippen LogP contribution < -0.4 is 5.32 Å². The zero-order chi connectivity index (χ0) is 18.5. The first-order chi connectivity index (χ1) is 13.3. The summed E-state index contributed by atoms with van der Waals surface area (Å²) in [6.45, 7) is 4.09. The molecule has 3 heterocycles. The molecule has 5 heteroatoms. The lowest BCUT2D eigenvalue weighted by Crippen LogP contribution is -2.45. The van der Waals surface area contributed by atoms with Crippen LogP contribution in [0.25, 0.3) is 5.69 Å². The van der Waals surface area contributed by atoms with E-state index in [1.54, 1.807) is 0 Å². The van der Waals surface area contributed by atoms with Crippen LogP contribution in [0.2, 0.25) is 5.02 Å². The number of piperidine rings is 1. The molecule has 0 spiro atoms. The van der Waals surface area contributed by atoms with Crippen molar-refractivity contribution in [3.63, 3.8) is 0 Å². The van der Waals surface area contributed by atoms with Gasteiger partial charge in [0.25, 0.3) is 0 Å². The second-order valence-electron chi connectivity index (χ2n) is 7.16. The van der Waals surface area contributed by atoms with Gasteiger partial charge in [0.2, 0.25) is 0 Å². The summed E-state index contributed by atoms with van der Waals surface area (Å²) in [4.78, 5) is 6.76. The van der Waals surface area contributed by atoms with Crippen molar-refractivity contribution >= 4 is 11.6 Å². The van der Waals surface area contributed by atoms with Gasteiger partial charge in [-0.3, -0.25) is 9.88 Å². The summed E-state index contributed by atoms with van der Waals surface area (Å²) in [5.41, 5.74) is 3.69. The lowest BCUT2D eigenvalue weighted by Gasteiger charge is -2.33. The van der Waals surface area contributed by atoms with Crippen molar-refractivity contribution in [2.45, 2.75) is 32.0 Å². The molecular formula is C22H25ClN4. The molecule has 0 bridgehead atoms. The van der Waals surface area contributed by atoms with Crippen LogP contribution in [0.1, 0.15) is 24.1 Å². The smallest absolute Gasteiger partial charge is 0.0636 e. The van der Waals surface area contributed by atoms with Crippen molar-refractivity contribution in [1.82, 2.24) is 19.8 Å². The largest absolute Gasteiger partial charge is 0.318 e. The topological polar surface area (TPSA) is 33.1 Å². The Morgan fingerprint density at radius 2 is 2.00 bits per heavy atom. The quantitative estimate of drug-likeness (QED) is 0.692. The van der Waals surface area contributed by atoms with Gasteiger partial charge in [-0.1, -0.05) is 23.7 Å². The third-order valence-electron chi connectivity index (χ3n) is 5.15. The van der Waals surface area contributed by atoms with Crippen molar-refractivity contribution in [2.75, 3.05) is 13.1 Å². The normalized spacial score (nSPS) is 17.9. The fourth-order valence-corrected chi connectivity index (χ4v) is 3.90. The number of nitrogens with one attached hydrogen (secondary N) is 1. The van der Waals surface area contributed by atoms with E-state index in [9.17, 15) is 0 Å². The van der Waals surface area contributed by atoms with E-state index in [0.29, 0.717) is 6.04 Å². The van der Waals surface area contributed by atoms with Gasteiger partial charge in [-0.2, -0.15) is 0 Å². The maximum Gasteiger partial charge on any atom is 0.0636 e. The first kappa shape index (κ1) is 18.2. The summed E-state index contributed by atoms with van der Waals surface area (Å²) < 4.78 is 2.20. The van der Waals surface area contributed by atoms with Gasteiger partial charge < -0.3 is 9.88 Å². The van der Waals surface area contributed by atoms with Crippen LogP contribution in [0.4, 0.5) is 0 Å². The Bertz CT molecular complexity index is 844. The number of pyridine rings is 1. The molecule has 0 saturated carbocycles. The average Bonchev–Trinajstić information content (AvgIpc) is 3.18. The number of benzene rings is 1. The van der Waals surface area contributed by atoms with Crippen molar-refractivity contribution in [3.05, 3.63) is 83.4 Å². The number of aromatic nitrogens is 2. The van der Waals surface area contributed by atoms with Crippen molar-refractivity contribution in [1.29, 1.82) is 0 Å². The van der Waals surface area contributed by atoms with Gasteiger partial charge in [-0.25, -0.2) is 0 Å². The molecule has 0 radical (unpaired) electrons. The van der Waals surface area contributed by atoms with Crippen LogP contribution in [0.5, 0.6) is 0 Å². The van der Waals surface area contributed by atoms with Crippen LogP contribution in [0.3, 0.4) is 0 Å². The van der Waals surface area contributed by atoms with E-state index in [1.165, 1.54) is 24.1 Å². The number of hydrogen-bond acceptors (Lipinski definition) is 3. The number of likely N-dealkylation sites (tertiary alicyclic amines) is 1. The van der Waals surface area contributed by atoms with E-state index < -0.39 is 0 Å². The Morgan fingerprint density at radius 1 is 1.11 bits per heavy atom. The molecular weight excluding hydrogens is 356 g/mol. The van der Waals surface area contributed by atoms with Crippen LogP contribution >= 0.6 is 11.6 Å². The Balaban J connectivity index is 1.34. The van der Waals surface area contributed by atoms with Crippen LogP contribution in [0, 0.1) is 0 Å². The van der Waals surface area contributed by atoms with E-state index in [-0.39, 0.29) is 0 Å². The molecule has 1 saturated heterocycles. The molecule has 1 fully saturated rings. The van der Waals surface area contributed by atoms with Crippen LogP contribution in [-0.2, 0) is 13.1 Å². The maximum absolute atomic E-state index is 6.00. The first-order valence-corrected chi connectivity index (χ1v) is 9.92. The average molecular weight is 381 g/mol. The van der Waals surface area contributed by atoms with Gasteiger partial charge in [0.15, 0.2) is 0 Å². The Labute approximate surface area is 165 Å². The lowest BCUT2D eigenvalue weighted by molar-refractivity contribution is 0.182. The minimum absolute atomic E-state index is 0.517. The van der Waals surface area contributed by atoms with Crippen LogP contribution in [0.15, 0.2) is 67.1 Å². The van der Waals surface area contributed by atoms with Gasteiger partial charge in [-0.15, -0.1) is 0 Å². The highest BCUT2D eigenvalue weighted by molar-refractivity contribution is 6.30. The summed E-state index contributed by atoms with van der Waals surface area (Å²) in [6.07, 6.45) is 8.27. The summed E-state index contributed by atoms with van der Waals surface area (Å²) in [5, 5.41) is 4.55. The minimum atomic E-state index is 0.517. The second kappa shape index (κ2) is 8.70. The number of halogens is 1. The Morgan fingerprint density at radius 3 is 2.81 bits per heavy atom. The van der Waals surface area contributed by atoms with Gasteiger partial charge in [-0.05, 0) is 61.3 Å². The summed E-state index contributed by atoms with van der Waals surface area (Å²) in [5.74, 6) is 0. The molecule has 0 unspecified atom stereocenters. The molecule has 2 aromatic heterocycles. The maximum atomic E-state index is 6.00. The highest BCUT2D eigenvalue weighted by Gasteiger charge is 2.20. The molecule has 3 aromatic rings. The monoisotopic (exact) mass is 380 g/mol. The van der Waals surface area contributed by atoms with Gasteiger partial charge >= 0.3 is 0 Å². The van der Waals surface area contributed by atoms with Crippen LogP contribution in [-0.4, -0.2) is 33.6 Å². The predicted octanol–water partition coefficient (Wildman–Crippen LogP) is 4.28. The molecule has 1 atom stereocenters. The van der Waals surface area contributed by atoms with Gasteiger partial charge in [0.1, 0.15) is 0 Å². The number of hydrogen-bond donors (Lipinski definition) is 1. The fourth-order valence-electron chi connectivity index (χ4n) is 3.77. The molecule has 0 aliphatic carbocycles. The lowest BCUT2D eigenvalue weighted by atomic mass is 10.0. The molecule has 4 nitrogen and oxygen atoms in total. The molecule has 27 heavy (non-hydrogen) atoms. The molecule has 1 aliphatic rings. The van der Waals surface area contributed by atoms with E-state index in [1.807, 2.05) is 30.6 Å². The zero-order valence-corrected chi connectivity index (χ0v) is 16.1. The van der Waals surface area contributed by atoms with E-state index in [0.717, 1.165) is 36.9 Å².